The summed E-state index contributed by atoms with van der Waals surface area (Å²) in [5.74, 6) is 2.05. The molecule has 2 aromatic rings. The van der Waals surface area contributed by atoms with Crippen LogP contribution in [0.3, 0.4) is 0 Å². The van der Waals surface area contributed by atoms with E-state index in [2.05, 4.69) is 20.6 Å². The number of guanidine groups is 1. The van der Waals surface area contributed by atoms with E-state index < -0.39 is 0 Å². The Morgan fingerprint density at radius 3 is 3.07 bits per heavy atom. The monoisotopic (exact) mass is 433 g/mol. The van der Waals surface area contributed by atoms with E-state index >= 15 is 0 Å². The number of nitrogens with one attached hydrogen (secondary N) is 2. The lowest BCUT2D eigenvalue weighted by Crippen LogP contribution is -2.44. The molecule has 1 aromatic heterocycles. The normalized spacial score (nSPS) is 18.4. The quantitative estimate of drug-likeness (QED) is 0.558. The number of nitrogens with zero attached hydrogens (tertiary/aromatic N) is 3. The minimum absolute atomic E-state index is 0.146. The number of aromatic nitrogens is 1. The van der Waals surface area contributed by atoms with Crippen LogP contribution in [-0.4, -0.2) is 49.8 Å². The third kappa shape index (κ3) is 4.70. The van der Waals surface area contributed by atoms with E-state index in [0.717, 1.165) is 25.1 Å². The molecule has 3 heterocycles. The SMILES string of the molecule is CCNC(=NCc1cc(Cl)c2c(c1)OCCO2)NC1CCN(c2ncccc2F)C1. The molecule has 4 rings (SSSR count). The van der Waals surface area contributed by atoms with E-state index in [1.54, 1.807) is 12.3 Å². The van der Waals surface area contributed by atoms with Gasteiger partial charge in [0.2, 0.25) is 0 Å². The summed E-state index contributed by atoms with van der Waals surface area (Å²) in [6.07, 6.45) is 2.49. The Balaban J connectivity index is 1.41. The smallest absolute Gasteiger partial charge is 0.191 e. The maximum Gasteiger partial charge on any atom is 0.191 e. The predicted octanol–water partition coefficient (Wildman–Crippen LogP) is 2.98. The van der Waals surface area contributed by atoms with Crippen molar-refractivity contribution in [2.24, 2.45) is 4.99 Å². The average Bonchev–Trinajstić information content (AvgIpc) is 3.21. The van der Waals surface area contributed by atoms with Crippen LogP contribution < -0.4 is 25.0 Å². The first kappa shape index (κ1) is 20.5. The van der Waals surface area contributed by atoms with Gasteiger partial charge in [0.15, 0.2) is 29.1 Å². The number of hydrogen-bond acceptors (Lipinski definition) is 5. The molecule has 1 fully saturated rings. The van der Waals surface area contributed by atoms with Crippen LogP contribution in [0.5, 0.6) is 11.5 Å². The van der Waals surface area contributed by atoms with E-state index in [0.29, 0.717) is 54.6 Å². The van der Waals surface area contributed by atoms with Gasteiger partial charge in [-0.1, -0.05) is 11.6 Å². The molecule has 0 spiro atoms. The van der Waals surface area contributed by atoms with Crippen molar-refractivity contribution < 1.29 is 13.9 Å². The third-order valence-corrected chi connectivity index (χ3v) is 5.27. The van der Waals surface area contributed by atoms with Crippen LogP contribution in [0.15, 0.2) is 35.5 Å². The van der Waals surface area contributed by atoms with Gasteiger partial charge in [0.25, 0.3) is 0 Å². The summed E-state index contributed by atoms with van der Waals surface area (Å²) >= 11 is 6.32. The van der Waals surface area contributed by atoms with Gasteiger partial charge in [-0.3, -0.25) is 0 Å². The maximum atomic E-state index is 14.0. The van der Waals surface area contributed by atoms with Gasteiger partial charge in [0, 0.05) is 31.9 Å². The molecule has 1 saturated heterocycles. The Kier molecular flexibility index (Phi) is 6.42. The molecule has 1 unspecified atom stereocenters. The lowest BCUT2D eigenvalue weighted by atomic mass is 10.2. The molecule has 7 nitrogen and oxygen atoms in total. The number of fused-ring (bicyclic) bond motifs is 1. The molecule has 2 aliphatic heterocycles. The number of benzene rings is 1. The maximum absolute atomic E-state index is 14.0. The molecule has 9 heteroatoms. The van der Waals surface area contributed by atoms with Crippen molar-refractivity contribution in [2.75, 3.05) is 37.7 Å². The first-order valence-electron chi connectivity index (χ1n) is 10.1. The molecule has 2 aliphatic rings. The van der Waals surface area contributed by atoms with Crippen molar-refractivity contribution in [1.29, 1.82) is 0 Å². The van der Waals surface area contributed by atoms with Crippen LogP contribution in [0.4, 0.5) is 10.2 Å². The summed E-state index contributed by atoms with van der Waals surface area (Å²) in [6.45, 7) is 5.60. The molecule has 0 radical (unpaired) electrons. The largest absolute Gasteiger partial charge is 0.486 e. The highest BCUT2D eigenvalue weighted by molar-refractivity contribution is 6.32. The van der Waals surface area contributed by atoms with Crippen LogP contribution in [0, 0.1) is 5.82 Å². The summed E-state index contributed by atoms with van der Waals surface area (Å²) in [5.41, 5.74) is 0.935. The van der Waals surface area contributed by atoms with E-state index in [-0.39, 0.29) is 11.9 Å². The molecule has 160 valence electrons. The summed E-state index contributed by atoms with van der Waals surface area (Å²) in [5, 5.41) is 7.23. The van der Waals surface area contributed by atoms with Crippen LogP contribution in [-0.2, 0) is 6.54 Å². The number of hydrogen-bond donors (Lipinski definition) is 2. The van der Waals surface area contributed by atoms with Gasteiger partial charge in [-0.25, -0.2) is 14.4 Å². The molecular formula is C21H25ClFN5O2. The van der Waals surface area contributed by atoms with Gasteiger partial charge in [-0.15, -0.1) is 0 Å². The Morgan fingerprint density at radius 1 is 1.37 bits per heavy atom. The second kappa shape index (κ2) is 9.38. The molecule has 0 amide bonds. The highest BCUT2D eigenvalue weighted by Crippen LogP contribution is 2.38. The molecule has 30 heavy (non-hydrogen) atoms. The number of pyridine rings is 1. The van der Waals surface area contributed by atoms with Crippen molar-refractivity contribution in [3.05, 3.63) is 46.9 Å². The zero-order valence-electron chi connectivity index (χ0n) is 16.8. The van der Waals surface area contributed by atoms with Crippen molar-refractivity contribution in [3.8, 4) is 11.5 Å². The zero-order chi connectivity index (χ0) is 20.9. The first-order valence-corrected chi connectivity index (χ1v) is 10.5. The van der Waals surface area contributed by atoms with Gasteiger partial charge in [0.05, 0.1) is 11.6 Å². The third-order valence-electron chi connectivity index (χ3n) is 4.99. The van der Waals surface area contributed by atoms with Gasteiger partial charge < -0.3 is 25.0 Å². The fraction of sp³-hybridized carbons (Fsp3) is 0.429. The Bertz CT molecular complexity index is 926. The molecular weight excluding hydrogens is 409 g/mol. The number of halogens is 2. The van der Waals surface area contributed by atoms with Gasteiger partial charge in [0.1, 0.15) is 13.2 Å². The zero-order valence-corrected chi connectivity index (χ0v) is 17.6. The van der Waals surface area contributed by atoms with Crippen molar-refractivity contribution in [2.45, 2.75) is 25.9 Å². The summed E-state index contributed by atoms with van der Waals surface area (Å²) in [7, 11) is 0. The number of aliphatic imine (C=N–C) groups is 1. The van der Waals surface area contributed by atoms with Gasteiger partial charge >= 0.3 is 0 Å². The van der Waals surface area contributed by atoms with Crippen molar-refractivity contribution in [3.63, 3.8) is 0 Å². The Hall–Kier alpha value is -2.74. The highest BCUT2D eigenvalue weighted by Gasteiger charge is 2.26. The average molecular weight is 434 g/mol. The van der Waals surface area contributed by atoms with Crippen LogP contribution >= 0.6 is 11.6 Å². The van der Waals surface area contributed by atoms with Crippen LogP contribution in [0.1, 0.15) is 18.9 Å². The molecule has 2 N–H and O–H groups in total. The summed E-state index contributed by atoms with van der Waals surface area (Å²) < 4.78 is 25.2. The minimum atomic E-state index is -0.297. The number of ether oxygens (including phenoxy) is 2. The Morgan fingerprint density at radius 2 is 2.23 bits per heavy atom. The fourth-order valence-electron chi connectivity index (χ4n) is 3.62. The van der Waals surface area contributed by atoms with Gasteiger partial charge in [-0.05, 0) is 43.2 Å². The van der Waals surface area contributed by atoms with E-state index in [9.17, 15) is 4.39 Å². The minimum Gasteiger partial charge on any atom is -0.486 e. The van der Waals surface area contributed by atoms with E-state index in [4.69, 9.17) is 21.1 Å². The first-order chi connectivity index (χ1) is 14.6. The second-order valence-electron chi connectivity index (χ2n) is 7.18. The molecule has 1 atom stereocenters. The Labute approximate surface area is 180 Å². The molecule has 0 bridgehead atoms. The highest BCUT2D eigenvalue weighted by atomic mass is 35.5. The molecule has 0 saturated carbocycles. The summed E-state index contributed by atoms with van der Waals surface area (Å²) in [4.78, 5) is 10.8. The lowest BCUT2D eigenvalue weighted by Gasteiger charge is -2.21. The molecule has 1 aromatic carbocycles. The van der Waals surface area contributed by atoms with Crippen LogP contribution in [0.25, 0.3) is 0 Å². The molecule has 0 aliphatic carbocycles. The van der Waals surface area contributed by atoms with Gasteiger partial charge in [-0.2, -0.15) is 0 Å². The number of rotatable bonds is 5. The van der Waals surface area contributed by atoms with E-state index in [1.807, 2.05) is 24.0 Å². The fourth-order valence-corrected chi connectivity index (χ4v) is 3.91. The standard InChI is InChI=1S/C21H25ClFN5O2/c1-2-24-21(26-12-14-10-16(22)19-18(11-14)29-8-9-30-19)27-15-5-7-28(13-15)20-17(23)4-3-6-25-20/h3-4,6,10-11,15H,2,5,7-9,12-13H2,1H3,(H2,24,26,27). The topological polar surface area (TPSA) is 71.0 Å². The van der Waals surface area contributed by atoms with Crippen molar-refractivity contribution in [1.82, 2.24) is 15.6 Å². The van der Waals surface area contributed by atoms with E-state index in [1.165, 1.54) is 6.07 Å². The van der Waals surface area contributed by atoms with Crippen LogP contribution in [0.2, 0.25) is 5.02 Å². The second-order valence-corrected chi connectivity index (χ2v) is 7.59. The lowest BCUT2D eigenvalue weighted by molar-refractivity contribution is 0.171. The predicted molar refractivity (Wildman–Crippen MR) is 115 cm³/mol. The summed E-state index contributed by atoms with van der Waals surface area (Å²) in [6, 6.07) is 6.95. The van der Waals surface area contributed by atoms with Crippen molar-refractivity contribution >= 4 is 23.4 Å². The number of anilines is 1.